The molecule has 0 fully saturated rings. The van der Waals surface area contributed by atoms with Crippen molar-refractivity contribution in [2.45, 2.75) is 58.8 Å². The van der Waals surface area contributed by atoms with Gasteiger partial charge in [0, 0.05) is 38.0 Å². The number of nitrogens with zero attached hydrogens (tertiary/aromatic N) is 3. The first kappa shape index (κ1) is 26.5. The van der Waals surface area contributed by atoms with Gasteiger partial charge in [-0.3, -0.25) is 5.32 Å². The van der Waals surface area contributed by atoms with Crippen LogP contribution < -0.4 is 14.8 Å². The van der Waals surface area contributed by atoms with Gasteiger partial charge in [0.05, 0.1) is 19.8 Å². The molecular formula is C25H36N4O5Si. The van der Waals surface area contributed by atoms with Crippen LogP contribution in [-0.4, -0.2) is 55.1 Å². The van der Waals surface area contributed by atoms with Gasteiger partial charge in [-0.2, -0.15) is 0 Å². The lowest BCUT2D eigenvalue weighted by Crippen LogP contribution is -2.27. The maximum Gasteiger partial charge on any atom is 0.413 e. The van der Waals surface area contributed by atoms with Crippen LogP contribution in [0.15, 0.2) is 30.6 Å². The number of hydrogen-bond donors (Lipinski definition) is 1. The van der Waals surface area contributed by atoms with Gasteiger partial charge in [0.1, 0.15) is 29.5 Å². The zero-order valence-electron chi connectivity index (χ0n) is 21.9. The number of anilines is 1. The molecule has 0 radical (unpaired) electrons. The van der Waals surface area contributed by atoms with E-state index < -0.39 is 19.8 Å². The number of methoxy groups -OCH3 is 2. The van der Waals surface area contributed by atoms with Crippen molar-refractivity contribution in [1.29, 1.82) is 0 Å². The largest absolute Gasteiger partial charge is 0.496 e. The Morgan fingerprint density at radius 1 is 1.11 bits per heavy atom. The lowest BCUT2D eigenvalue weighted by molar-refractivity contribution is 0.0635. The molecule has 1 amide bonds. The third kappa shape index (κ3) is 6.95. The zero-order valence-corrected chi connectivity index (χ0v) is 22.9. The molecule has 3 heterocycles. The Morgan fingerprint density at radius 2 is 1.86 bits per heavy atom. The molecule has 0 aliphatic heterocycles. The summed E-state index contributed by atoms with van der Waals surface area (Å²) in [4.78, 5) is 21.4. The van der Waals surface area contributed by atoms with E-state index in [9.17, 15) is 4.79 Å². The van der Waals surface area contributed by atoms with Crippen molar-refractivity contribution >= 4 is 31.0 Å². The van der Waals surface area contributed by atoms with Crippen molar-refractivity contribution in [2.24, 2.45) is 0 Å². The molecule has 10 heteroatoms. The molecule has 0 aromatic carbocycles. The molecule has 0 aliphatic rings. The topological polar surface area (TPSA) is 96.7 Å². The second kappa shape index (κ2) is 10.7. The average molecular weight is 501 g/mol. The smallest absolute Gasteiger partial charge is 0.413 e. The first-order valence-corrected chi connectivity index (χ1v) is 15.3. The summed E-state index contributed by atoms with van der Waals surface area (Å²) in [7, 11) is 1.96. The molecule has 35 heavy (non-hydrogen) atoms. The molecule has 0 saturated carbocycles. The second-order valence-electron chi connectivity index (χ2n) is 10.5. The monoisotopic (exact) mass is 500 g/mol. The van der Waals surface area contributed by atoms with E-state index in [1.807, 2.05) is 37.6 Å². The molecule has 3 aromatic heterocycles. The summed E-state index contributed by atoms with van der Waals surface area (Å²) in [5, 5.41) is 3.56. The number of aromatic nitrogens is 3. The van der Waals surface area contributed by atoms with Crippen LogP contribution in [0.1, 0.15) is 20.8 Å². The molecule has 3 rings (SSSR count). The quantitative estimate of drug-likeness (QED) is 0.294. The number of hydrogen-bond acceptors (Lipinski definition) is 7. The predicted octanol–water partition coefficient (Wildman–Crippen LogP) is 5.77. The Balaban J connectivity index is 2.03. The van der Waals surface area contributed by atoms with E-state index in [-0.39, 0.29) is 0 Å². The Labute approximate surface area is 207 Å². The molecule has 0 atom stereocenters. The molecule has 9 nitrogen and oxygen atoms in total. The highest BCUT2D eigenvalue weighted by Gasteiger charge is 2.22. The highest BCUT2D eigenvalue weighted by molar-refractivity contribution is 6.76. The van der Waals surface area contributed by atoms with E-state index in [2.05, 4.69) is 29.9 Å². The van der Waals surface area contributed by atoms with Gasteiger partial charge in [-0.05, 0) is 45.0 Å². The minimum Gasteiger partial charge on any atom is -0.496 e. The fourth-order valence-electron chi connectivity index (χ4n) is 3.48. The van der Waals surface area contributed by atoms with Gasteiger partial charge >= 0.3 is 6.09 Å². The van der Waals surface area contributed by atoms with E-state index in [4.69, 9.17) is 23.9 Å². The highest BCUT2D eigenvalue weighted by Crippen LogP contribution is 2.41. The van der Waals surface area contributed by atoms with Gasteiger partial charge in [0.25, 0.3) is 0 Å². The minimum absolute atomic E-state index is 0.314. The van der Waals surface area contributed by atoms with Crippen molar-refractivity contribution in [3.63, 3.8) is 0 Å². The van der Waals surface area contributed by atoms with Crippen LogP contribution in [0.3, 0.4) is 0 Å². The molecule has 3 aromatic rings. The first-order valence-electron chi connectivity index (χ1n) is 11.6. The maximum absolute atomic E-state index is 12.3. The van der Waals surface area contributed by atoms with Crippen LogP contribution in [0.5, 0.6) is 11.6 Å². The summed E-state index contributed by atoms with van der Waals surface area (Å²) < 4.78 is 24.5. The number of rotatable bonds is 9. The summed E-state index contributed by atoms with van der Waals surface area (Å²) in [6.07, 6.45) is 3.02. The number of nitrogens with one attached hydrogen (secondary N) is 1. The molecular weight excluding hydrogens is 464 g/mol. The lowest BCUT2D eigenvalue weighted by atomic mass is 10.1. The van der Waals surface area contributed by atoms with Gasteiger partial charge in [-0.15, -0.1) is 0 Å². The van der Waals surface area contributed by atoms with Crippen LogP contribution in [0.4, 0.5) is 10.6 Å². The van der Waals surface area contributed by atoms with E-state index in [0.29, 0.717) is 36.4 Å². The second-order valence-corrected chi connectivity index (χ2v) is 16.1. The van der Waals surface area contributed by atoms with Crippen LogP contribution in [0.2, 0.25) is 25.7 Å². The molecule has 0 aliphatic carbocycles. The number of carbonyl (C=O) groups excluding carboxylic acids is 1. The van der Waals surface area contributed by atoms with E-state index in [1.54, 1.807) is 32.5 Å². The molecule has 1 N–H and O–H groups in total. The lowest BCUT2D eigenvalue weighted by Gasteiger charge is -2.19. The number of amides is 1. The molecule has 190 valence electrons. The normalized spacial score (nSPS) is 12.0. The molecule has 0 bridgehead atoms. The predicted molar refractivity (Wildman–Crippen MR) is 140 cm³/mol. The van der Waals surface area contributed by atoms with Gasteiger partial charge in [-0.25, -0.2) is 14.8 Å². The number of carbonyl (C=O) groups is 1. The van der Waals surface area contributed by atoms with E-state index in [0.717, 1.165) is 22.6 Å². The Bertz CT molecular complexity index is 1160. The minimum atomic E-state index is -1.22. The van der Waals surface area contributed by atoms with E-state index in [1.165, 1.54) is 0 Å². The number of ether oxygens (including phenoxy) is 4. The Morgan fingerprint density at radius 3 is 2.49 bits per heavy atom. The Hall–Kier alpha value is -3.11. The fourth-order valence-corrected chi connectivity index (χ4v) is 4.24. The van der Waals surface area contributed by atoms with Crippen LogP contribution >= 0.6 is 0 Å². The third-order valence-electron chi connectivity index (χ3n) is 5.14. The van der Waals surface area contributed by atoms with Crippen molar-refractivity contribution in [2.75, 3.05) is 26.1 Å². The van der Waals surface area contributed by atoms with Gasteiger partial charge in [0.2, 0.25) is 5.88 Å². The zero-order chi connectivity index (χ0) is 25.8. The fraction of sp³-hybridized carbons (Fsp3) is 0.480. The summed E-state index contributed by atoms with van der Waals surface area (Å²) >= 11 is 0. The average Bonchev–Trinajstić information content (AvgIpc) is 3.11. The summed E-state index contributed by atoms with van der Waals surface area (Å²) in [6.45, 7) is 13.4. The highest BCUT2D eigenvalue weighted by atomic mass is 28.3. The molecule has 0 spiro atoms. The maximum atomic E-state index is 12.3. The molecule has 0 saturated heterocycles. The summed E-state index contributed by atoms with van der Waals surface area (Å²) in [6, 6.07) is 6.48. The van der Waals surface area contributed by atoms with Crippen LogP contribution in [0.25, 0.3) is 22.2 Å². The van der Waals surface area contributed by atoms with Crippen molar-refractivity contribution in [3.8, 4) is 22.8 Å². The van der Waals surface area contributed by atoms with Crippen molar-refractivity contribution in [1.82, 2.24) is 14.5 Å². The number of pyridine rings is 2. The first-order chi connectivity index (χ1) is 16.4. The van der Waals surface area contributed by atoms with Crippen LogP contribution in [-0.2, 0) is 16.2 Å². The summed E-state index contributed by atoms with van der Waals surface area (Å²) in [5.41, 5.74) is 1.60. The SMILES string of the molecule is COc1ccnc(OC)c1-c1cn(COCC[Si](C)(C)C)c2nc(NC(=O)OC(C)(C)C)ccc12. The Kier molecular flexibility index (Phi) is 8.06. The van der Waals surface area contributed by atoms with Gasteiger partial charge in [0.15, 0.2) is 0 Å². The van der Waals surface area contributed by atoms with Crippen molar-refractivity contribution in [3.05, 3.63) is 30.6 Å². The van der Waals surface area contributed by atoms with E-state index >= 15 is 0 Å². The third-order valence-corrected chi connectivity index (χ3v) is 6.84. The standard InChI is InChI=1S/C25H36N4O5Si/c1-25(2,3)34-24(30)28-20-10-9-17-18(21-19(31-4)11-12-26-23(21)32-5)15-29(22(17)27-20)16-33-13-14-35(6,7)8/h9-12,15H,13-14,16H2,1-8H3,(H,27,28,30). The molecule has 0 unspecified atom stereocenters. The number of fused-ring (bicyclic) bond motifs is 1. The van der Waals surface area contributed by atoms with Crippen LogP contribution in [0, 0.1) is 0 Å². The summed E-state index contributed by atoms with van der Waals surface area (Å²) in [5.74, 6) is 1.45. The van der Waals surface area contributed by atoms with Gasteiger partial charge < -0.3 is 23.5 Å². The van der Waals surface area contributed by atoms with Gasteiger partial charge in [-0.1, -0.05) is 19.6 Å². The van der Waals surface area contributed by atoms with Crippen molar-refractivity contribution < 1.29 is 23.7 Å².